The highest BCUT2D eigenvalue weighted by molar-refractivity contribution is 7.92. The Bertz CT molecular complexity index is 861. The first-order chi connectivity index (χ1) is 10.6. The Kier molecular flexibility index (Phi) is 4.96. The summed E-state index contributed by atoms with van der Waals surface area (Å²) in [5.74, 6) is 0. The van der Waals surface area contributed by atoms with Crippen molar-refractivity contribution < 1.29 is 12.6 Å². The summed E-state index contributed by atoms with van der Waals surface area (Å²) in [6.45, 7) is 7.44. The third-order valence-corrected chi connectivity index (χ3v) is 6.56. The van der Waals surface area contributed by atoms with E-state index in [9.17, 15) is 12.6 Å². The van der Waals surface area contributed by atoms with Crippen molar-refractivity contribution in [2.75, 3.05) is 11.0 Å². The molecule has 1 N–H and O–H groups in total. The average molecular weight is 351 g/mol. The molecule has 0 heterocycles. The second kappa shape index (κ2) is 6.45. The maximum atomic E-state index is 12.8. The molecule has 23 heavy (non-hydrogen) atoms. The number of sulfonamides is 1. The normalized spacial score (nSPS) is 12.9. The van der Waals surface area contributed by atoms with Gasteiger partial charge in [0.2, 0.25) is 0 Å². The molecule has 1 unspecified atom stereocenters. The molecule has 4 nitrogen and oxygen atoms in total. The minimum Gasteiger partial charge on any atom is -0.280 e. The van der Waals surface area contributed by atoms with Crippen LogP contribution in [-0.2, 0) is 20.8 Å². The van der Waals surface area contributed by atoms with Crippen LogP contribution in [0.2, 0.25) is 0 Å². The van der Waals surface area contributed by atoms with E-state index in [1.54, 1.807) is 30.5 Å². The predicted octanol–water partition coefficient (Wildman–Crippen LogP) is 3.46. The van der Waals surface area contributed by atoms with Crippen LogP contribution in [0.1, 0.15) is 22.3 Å². The Morgan fingerprint density at radius 1 is 0.957 bits per heavy atom. The highest BCUT2D eigenvalue weighted by Gasteiger charge is 2.22. The summed E-state index contributed by atoms with van der Waals surface area (Å²) < 4.78 is 39.9. The Morgan fingerprint density at radius 3 is 2.04 bits per heavy atom. The van der Waals surface area contributed by atoms with Gasteiger partial charge in [0.05, 0.1) is 10.6 Å². The van der Waals surface area contributed by atoms with Crippen LogP contribution < -0.4 is 4.72 Å². The molecule has 0 saturated carbocycles. The summed E-state index contributed by atoms with van der Waals surface area (Å²) in [4.78, 5) is 0.900. The van der Waals surface area contributed by atoms with Crippen molar-refractivity contribution in [1.82, 2.24) is 0 Å². The average Bonchev–Trinajstić information content (AvgIpc) is 2.45. The van der Waals surface area contributed by atoms with E-state index in [4.69, 9.17) is 0 Å². The van der Waals surface area contributed by atoms with Crippen molar-refractivity contribution in [3.8, 4) is 0 Å². The summed E-state index contributed by atoms with van der Waals surface area (Å²) in [5.41, 5.74) is 3.79. The Balaban J connectivity index is 2.53. The lowest BCUT2D eigenvalue weighted by Gasteiger charge is -2.17. The third kappa shape index (κ3) is 3.64. The zero-order valence-electron chi connectivity index (χ0n) is 13.9. The van der Waals surface area contributed by atoms with Gasteiger partial charge in [-0.15, -0.1) is 0 Å². The first-order valence-corrected chi connectivity index (χ1v) is 10.2. The van der Waals surface area contributed by atoms with E-state index in [0.29, 0.717) is 15.5 Å². The van der Waals surface area contributed by atoms with Crippen LogP contribution in [0.4, 0.5) is 5.69 Å². The monoisotopic (exact) mass is 351 g/mol. The molecule has 0 aliphatic rings. The molecule has 2 aromatic carbocycles. The molecular weight excluding hydrogens is 330 g/mol. The summed E-state index contributed by atoms with van der Waals surface area (Å²) in [6, 6.07) is 8.64. The number of hydrogen-bond donors (Lipinski definition) is 1. The molecule has 2 aromatic rings. The van der Waals surface area contributed by atoms with Gasteiger partial charge >= 0.3 is 0 Å². The molecule has 0 bridgehead atoms. The van der Waals surface area contributed by atoms with Crippen molar-refractivity contribution in [3.63, 3.8) is 0 Å². The molecule has 124 valence electrons. The molecule has 0 saturated heterocycles. The van der Waals surface area contributed by atoms with Crippen molar-refractivity contribution in [3.05, 3.63) is 52.6 Å². The lowest BCUT2D eigenvalue weighted by Crippen LogP contribution is -2.17. The number of aryl methyl sites for hydroxylation is 2. The topological polar surface area (TPSA) is 63.2 Å². The van der Waals surface area contributed by atoms with Gasteiger partial charge in [0.15, 0.2) is 0 Å². The van der Waals surface area contributed by atoms with Gasteiger partial charge in [-0.25, -0.2) is 8.42 Å². The first-order valence-electron chi connectivity index (χ1n) is 7.17. The van der Waals surface area contributed by atoms with Crippen molar-refractivity contribution in [2.45, 2.75) is 37.5 Å². The number of rotatable bonds is 4. The molecule has 0 aromatic heterocycles. The standard InChI is InChI=1S/C17H21NO3S2/c1-11-9-12(2)14(4)17(13(11)3)23(20,21)18-15-7-6-8-16(10-15)22(5)19/h6-10,18H,1-5H3. The van der Waals surface area contributed by atoms with Crippen LogP contribution in [0.5, 0.6) is 0 Å². The van der Waals surface area contributed by atoms with Gasteiger partial charge in [-0.3, -0.25) is 8.93 Å². The van der Waals surface area contributed by atoms with Gasteiger partial charge in [-0.1, -0.05) is 12.1 Å². The first kappa shape index (κ1) is 17.7. The molecule has 0 radical (unpaired) electrons. The van der Waals surface area contributed by atoms with Crippen LogP contribution in [0.3, 0.4) is 0 Å². The molecule has 0 fully saturated rings. The van der Waals surface area contributed by atoms with E-state index < -0.39 is 20.8 Å². The number of nitrogens with one attached hydrogen (secondary N) is 1. The quantitative estimate of drug-likeness (QED) is 0.917. The van der Waals surface area contributed by atoms with E-state index in [1.165, 1.54) is 0 Å². The molecule has 1 atom stereocenters. The van der Waals surface area contributed by atoms with Crippen LogP contribution >= 0.6 is 0 Å². The molecular formula is C17H21NO3S2. The molecule has 0 spiro atoms. The second-order valence-corrected chi connectivity index (χ2v) is 8.68. The Morgan fingerprint density at radius 2 is 1.52 bits per heavy atom. The van der Waals surface area contributed by atoms with E-state index in [-0.39, 0.29) is 0 Å². The maximum absolute atomic E-state index is 12.8. The Labute approximate surface area is 140 Å². The van der Waals surface area contributed by atoms with Crippen LogP contribution in [0, 0.1) is 27.7 Å². The summed E-state index contributed by atoms with van der Waals surface area (Å²) in [5, 5.41) is 0. The molecule has 2 rings (SSSR count). The van der Waals surface area contributed by atoms with Crippen LogP contribution in [0.25, 0.3) is 0 Å². The summed E-state index contributed by atoms with van der Waals surface area (Å²) in [7, 11) is -4.87. The minimum atomic E-state index is -3.71. The van der Waals surface area contributed by atoms with Crippen molar-refractivity contribution >= 4 is 26.5 Å². The fourth-order valence-corrected chi connectivity index (χ4v) is 4.76. The lowest BCUT2D eigenvalue weighted by molar-refractivity contribution is 0.599. The second-order valence-electron chi connectivity index (χ2n) is 5.68. The largest absolute Gasteiger partial charge is 0.280 e. The fourth-order valence-electron chi connectivity index (χ4n) is 2.53. The van der Waals surface area contributed by atoms with Gasteiger partial charge in [-0.2, -0.15) is 0 Å². The van der Waals surface area contributed by atoms with E-state index in [2.05, 4.69) is 4.72 Å². The zero-order chi connectivity index (χ0) is 17.4. The highest BCUT2D eigenvalue weighted by Crippen LogP contribution is 2.28. The molecule has 0 aliphatic carbocycles. The molecule has 0 amide bonds. The Hall–Kier alpha value is -1.66. The van der Waals surface area contributed by atoms with Gasteiger partial charge in [0.25, 0.3) is 10.0 Å². The predicted molar refractivity (Wildman–Crippen MR) is 95.0 cm³/mol. The van der Waals surface area contributed by atoms with Gasteiger partial charge < -0.3 is 0 Å². The van der Waals surface area contributed by atoms with Crippen molar-refractivity contribution in [2.24, 2.45) is 0 Å². The lowest BCUT2D eigenvalue weighted by atomic mass is 10.0. The van der Waals surface area contributed by atoms with Crippen LogP contribution in [-0.4, -0.2) is 18.9 Å². The van der Waals surface area contributed by atoms with E-state index in [1.807, 2.05) is 33.8 Å². The summed E-state index contributed by atoms with van der Waals surface area (Å²) >= 11 is 0. The SMILES string of the molecule is Cc1cc(C)c(C)c(S(=O)(=O)Nc2cccc(S(C)=O)c2)c1C. The number of anilines is 1. The van der Waals surface area contributed by atoms with Gasteiger partial charge in [0, 0.05) is 22.0 Å². The third-order valence-electron chi connectivity index (χ3n) is 3.98. The van der Waals surface area contributed by atoms with E-state index >= 15 is 0 Å². The van der Waals surface area contributed by atoms with Gasteiger partial charge in [-0.05, 0) is 68.1 Å². The fraction of sp³-hybridized carbons (Fsp3) is 0.294. The molecule has 0 aliphatic heterocycles. The van der Waals surface area contributed by atoms with Gasteiger partial charge in [0.1, 0.15) is 0 Å². The maximum Gasteiger partial charge on any atom is 0.262 e. The minimum absolute atomic E-state index is 0.318. The number of benzene rings is 2. The van der Waals surface area contributed by atoms with Crippen LogP contribution in [0.15, 0.2) is 40.1 Å². The summed E-state index contributed by atoms with van der Waals surface area (Å²) in [6.07, 6.45) is 1.56. The molecule has 6 heteroatoms. The highest BCUT2D eigenvalue weighted by atomic mass is 32.2. The smallest absolute Gasteiger partial charge is 0.262 e. The van der Waals surface area contributed by atoms with Crippen molar-refractivity contribution in [1.29, 1.82) is 0 Å². The van der Waals surface area contributed by atoms with E-state index in [0.717, 1.165) is 22.3 Å². The zero-order valence-corrected chi connectivity index (χ0v) is 15.6. The number of hydrogen-bond acceptors (Lipinski definition) is 3.